The molecule has 0 aliphatic carbocycles. The largest absolute Gasteiger partial charge is 0.367 e. The van der Waals surface area contributed by atoms with Gasteiger partial charge in [0.2, 0.25) is 0 Å². The Morgan fingerprint density at radius 3 is 2.33 bits per heavy atom. The van der Waals surface area contributed by atoms with Gasteiger partial charge in [-0.15, -0.1) is 0 Å². The van der Waals surface area contributed by atoms with Crippen molar-refractivity contribution in [2.24, 2.45) is 11.8 Å². The molecule has 5 heteroatoms. The Morgan fingerprint density at radius 2 is 1.71 bits per heavy atom. The molecule has 2 aromatic rings. The van der Waals surface area contributed by atoms with Gasteiger partial charge in [-0.05, 0) is 19.3 Å². The van der Waals surface area contributed by atoms with Gasteiger partial charge in [0, 0.05) is 17.7 Å². The third-order valence-corrected chi connectivity index (χ3v) is 3.13. The van der Waals surface area contributed by atoms with Gasteiger partial charge in [-0.3, -0.25) is 0 Å². The second-order valence-electron chi connectivity index (χ2n) is 5.65. The summed E-state index contributed by atoms with van der Waals surface area (Å²) in [4.78, 5) is 8.98. The fourth-order valence-corrected chi connectivity index (χ4v) is 2.33. The average molecular weight is 285 g/mol. The SMILES string of the molecule is CC(C)CC(C)Nc1cc(NN)nc(-c2ccccc2)n1. The van der Waals surface area contributed by atoms with E-state index in [-0.39, 0.29) is 0 Å². The van der Waals surface area contributed by atoms with Crippen LogP contribution in [0.5, 0.6) is 0 Å². The van der Waals surface area contributed by atoms with Crippen molar-refractivity contribution >= 4 is 11.6 Å². The van der Waals surface area contributed by atoms with E-state index in [1.165, 1.54) is 0 Å². The minimum Gasteiger partial charge on any atom is -0.367 e. The maximum absolute atomic E-state index is 5.51. The minimum absolute atomic E-state index is 0.342. The van der Waals surface area contributed by atoms with Crippen LogP contribution in [0.3, 0.4) is 0 Å². The number of hydrogen-bond donors (Lipinski definition) is 3. The number of hydrazine groups is 1. The Balaban J connectivity index is 2.26. The first-order valence-electron chi connectivity index (χ1n) is 7.26. The molecule has 4 N–H and O–H groups in total. The zero-order valence-corrected chi connectivity index (χ0v) is 12.8. The van der Waals surface area contributed by atoms with Gasteiger partial charge < -0.3 is 10.7 Å². The van der Waals surface area contributed by atoms with E-state index in [1.54, 1.807) is 0 Å². The fourth-order valence-electron chi connectivity index (χ4n) is 2.33. The van der Waals surface area contributed by atoms with Gasteiger partial charge in [0.1, 0.15) is 11.6 Å². The molecule has 5 nitrogen and oxygen atoms in total. The number of nitrogens with one attached hydrogen (secondary N) is 2. The van der Waals surface area contributed by atoms with Gasteiger partial charge in [0.25, 0.3) is 0 Å². The molecule has 0 saturated heterocycles. The first-order chi connectivity index (χ1) is 10.1. The van der Waals surface area contributed by atoms with Crippen molar-refractivity contribution in [3.63, 3.8) is 0 Å². The second-order valence-corrected chi connectivity index (χ2v) is 5.65. The number of rotatable bonds is 6. The molecule has 112 valence electrons. The Labute approximate surface area is 126 Å². The van der Waals surface area contributed by atoms with Crippen LogP contribution in [0.25, 0.3) is 11.4 Å². The molecule has 0 aliphatic heterocycles. The average Bonchev–Trinajstić information content (AvgIpc) is 2.46. The lowest BCUT2D eigenvalue weighted by Gasteiger charge is -2.17. The number of aromatic nitrogens is 2. The fraction of sp³-hybridized carbons (Fsp3) is 0.375. The summed E-state index contributed by atoms with van der Waals surface area (Å²) in [7, 11) is 0. The van der Waals surface area contributed by atoms with Gasteiger partial charge in [0.05, 0.1) is 0 Å². The highest BCUT2D eigenvalue weighted by atomic mass is 15.3. The Kier molecular flexibility index (Phi) is 5.11. The van der Waals surface area contributed by atoms with Crippen LogP contribution in [0.15, 0.2) is 36.4 Å². The van der Waals surface area contributed by atoms with Crippen molar-refractivity contribution in [1.29, 1.82) is 0 Å². The van der Waals surface area contributed by atoms with E-state index in [4.69, 9.17) is 5.84 Å². The van der Waals surface area contributed by atoms with Gasteiger partial charge in [-0.2, -0.15) is 0 Å². The molecule has 0 aliphatic rings. The third-order valence-electron chi connectivity index (χ3n) is 3.13. The molecule has 0 saturated carbocycles. The predicted octanol–water partition coefficient (Wildman–Crippen LogP) is 3.28. The molecular formula is C16H23N5. The number of nitrogens with two attached hydrogens (primary N) is 1. The van der Waals surface area contributed by atoms with Crippen LogP contribution in [0, 0.1) is 5.92 Å². The highest BCUT2D eigenvalue weighted by Gasteiger charge is 2.09. The highest BCUT2D eigenvalue weighted by molar-refractivity contribution is 5.61. The van der Waals surface area contributed by atoms with Crippen molar-refractivity contribution in [3.05, 3.63) is 36.4 Å². The molecular weight excluding hydrogens is 262 g/mol. The molecule has 1 atom stereocenters. The normalized spacial score (nSPS) is 12.2. The summed E-state index contributed by atoms with van der Waals surface area (Å²) in [6.07, 6.45) is 1.08. The van der Waals surface area contributed by atoms with Crippen LogP contribution in [0.4, 0.5) is 11.6 Å². The Bertz CT molecular complexity index is 568. The monoisotopic (exact) mass is 285 g/mol. The molecule has 0 fully saturated rings. The van der Waals surface area contributed by atoms with Crippen molar-refractivity contribution in [2.75, 3.05) is 10.7 Å². The van der Waals surface area contributed by atoms with E-state index in [0.717, 1.165) is 17.8 Å². The summed E-state index contributed by atoms with van der Waals surface area (Å²) < 4.78 is 0. The van der Waals surface area contributed by atoms with E-state index in [0.29, 0.717) is 23.6 Å². The number of hydrogen-bond acceptors (Lipinski definition) is 5. The standard InChI is InChI=1S/C16H23N5/c1-11(2)9-12(3)18-14-10-15(21-17)20-16(19-14)13-7-5-4-6-8-13/h4-8,10-12H,9,17H2,1-3H3,(H2,18,19,20,21). The van der Waals surface area contributed by atoms with Gasteiger partial charge >= 0.3 is 0 Å². The molecule has 1 aromatic carbocycles. The lowest BCUT2D eigenvalue weighted by molar-refractivity contribution is 0.539. The number of nitrogen functional groups attached to an aromatic ring is 1. The van der Waals surface area contributed by atoms with Crippen LogP contribution in [-0.2, 0) is 0 Å². The molecule has 0 spiro atoms. The maximum Gasteiger partial charge on any atom is 0.163 e. The van der Waals surface area contributed by atoms with Gasteiger partial charge in [0.15, 0.2) is 5.82 Å². The molecule has 1 aromatic heterocycles. The first-order valence-corrected chi connectivity index (χ1v) is 7.26. The third kappa shape index (κ3) is 4.43. The van der Waals surface area contributed by atoms with E-state index < -0.39 is 0 Å². The van der Waals surface area contributed by atoms with Crippen molar-refractivity contribution < 1.29 is 0 Å². The molecule has 0 amide bonds. The van der Waals surface area contributed by atoms with E-state index in [1.807, 2.05) is 36.4 Å². The van der Waals surface area contributed by atoms with Crippen molar-refractivity contribution in [1.82, 2.24) is 9.97 Å². The van der Waals surface area contributed by atoms with Crippen molar-refractivity contribution in [2.45, 2.75) is 33.2 Å². The highest BCUT2D eigenvalue weighted by Crippen LogP contribution is 2.20. The topological polar surface area (TPSA) is 75.9 Å². The summed E-state index contributed by atoms with van der Waals surface area (Å²) in [6, 6.07) is 12.0. The quantitative estimate of drug-likeness (QED) is 0.561. The Morgan fingerprint density at radius 1 is 1.05 bits per heavy atom. The summed E-state index contributed by atoms with van der Waals surface area (Å²) >= 11 is 0. The van der Waals surface area contributed by atoms with E-state index in [2.05, 4.69) is 41.5 Å². The zero-order chi connectivity index (χ0) is 15.2. The predicted molar refractivity (Wildman–Crippen MR) is 87.8 cm³/mol. The van der Waals surface area contributed by atoms with Gasteiger partial charge in [-0.1, -0.05) is 44.2 Å². The summed E-state index contributed by atoms with van der Waals surface area (Å²) in [5.74, 6) is 8.18. The van der Waals surface area contributed by atoms with Crippen LogP contribution >= 0.6 is 0 Å². The van der Waals surface area contributed by atoms with Gasteiger partial charge in [-0.25, -0.2) is 15.8 Å². The maximum atomic E-state index is 5.51. The molecule has 1 heterocycles. The van der Waals surface area contributed by atoms with Crippen LogP contribution in [0.1, 0.15) is 27.2 Å². The van der Waals surface area contributed by atoms with Crippen LogP contribution in [-0.4, -0.2) is 16.0 Å². The molecule has 0 bridgehead atoms. The van der Waals surface area contributed by atoms with E-state index in [9.17, 15) is 0 Å². The summed E-state index contributed by atoms with van der Waals surface area (Å²) in [5.41, 5.74) is 3.57. The summed E-state index contributed by atoms with van der Waals surface area (Å²) in [5, 5.41) is 3.41. The minimum atomic E-state index is 0.342. The number of nitrogens with zero attached hydrogens (tertiary/aromatic N) is 2. The lowest BCUT2D eigenvalue weighted by atomic mass is 10.1. The number of anilines is 2. The lowest BCUT2D eigenvalue weighted by Crippen LogP contribution is -2.19. The molecule has 1 unspecified atom stereocenters. The van der Waals surface area contributed by atoms with Crippen LogP contribution < -0.4 is 16.6 Å². The Hall–Kier alpha value is -2.14. The molecule has 21 heavy (non-hydrogen) atoms. The molecule has 0 radical (unpaired) electrons. The van der Waals surface area contributed by atoms with Crippen LogP contribution in [0.2, 0.25) is 0 Å². The van der Waals surface area contributed by atoms with E-state index >= 15 is 0 Å². The zero-order valence-electron chi connectivity index (χ0n) is 12.8. The summed E-state index contributed by atoms with van der Waals surface area (Å²) in [6.45, 7) is 6.57. The molecule has 2 rings (SSSR count). The first kappa shape index (κ1) is 15.3. The number of benzene rings is 1. The second kappa shape index (κ2) is 7.04. The van der Waals surface area contributed by atoms with Crippen molar-refractivity contribution in [3.8, 4) is 11.4 Å². The smallest absolute Gasteiger partial charge is 0.163 e.